The van der Waals surface area contributed by atoms with Crippen LogP contribution in [-0.2, 0) is 6.54 Å². The highest BCUT2D eigenvalue weighted by molar-refractivity contribution is 9.10. The van der Waals surface area contributed by atoms with Gasteiger partial charge >= 0.3 is 0 Å². The average Bonchev–Trinajstić information content (AvgIpc) is 3.00. The third-order valence-corrected chi connectivity index (χ3v) is 7.50. The zero-order valence-corrected chi connectivity index (χ0v) is 20.5. The van der Waals surface area contributed by atoms with Crippen molar-refractivity contribution in [2.75, 3.05) is 0 Å². The molecule has 0 saturated carbocycles. The minimum Gasteiger partial charge on any atom is -0.348 e. The SMILES string of the molecule is O=C(NCc1ccccc1Br)c1ccc2c(c1)N=C(c1ccc(Cl)cc1)c1ccccc1S2. The van der Waals surface area contributed by atoms with Crippen LogP contribution in [0, 0.1) is 0 Å². The Morgan fingerprint density at radius 3 is 2.48 bits per heavy atom. The van der Waals surface area contributed by atoms with Crippen molar-refractivity contribution >= 4 is 56.6 Å². The van der Waals surface area contributed by atoms with Gasteiger partial charge in [0.15, 0.2) is 0 Å². The maximum Gasteiger partial charge on any atom is 0.251 e. The zero-order valence-electron chi connectivity index (χ0n) is 17.4. The van der Waals surface area contributed by atoms with Crippen LogP contribution in [0.25, 0.3) is 0 Å². The first kappa shape index (κ1) is 22.0. The topological polar surface area (TPSA) is 41.5 Å². The van der Waals surface area contributed by atoms with Gasteiger partial charge in [-0.3, -0.25) is 4.79 Å². The summed E-state index contributed by atoms with van der Waals surface area (Å²) in [5.74, 6) is -0.136. The number of carbonyl (C=O) groups excluding carboxylic acids is 1. The summed E-state index contributed by atoms with van der Waals surface area (Å²) >= 11 is 11.3. The molecule has 1 amide bonds. The van der Waals surface area contributed by atoms with Crippen LogP contribution in [0.2, 0.25) is 5.02 Å². The molecule has 1 N–H and O–H groups in total. The smallest absolute Gasteiger partial charge is 0.251 e. The Morgan fingerprint density at radius 2 is 1.67 bits per heavy atom. The van der Waals surface area contributed by atoms with E-state index in [2.05, 4.69) is 33.4 Å². The van der Waals surface area contributed by atoms with Gasteiger partial charge in [0.05, 0.1) is 11.4 Å². The second-order valence-corrected chi connectivity index (χ2v) is 9.90. The van der Waals surface area contributed by atoms with Gasteiger partial charge in [-0.25, -0.2) is 4.99 Å². The summed E-state index contributed by atoms with van der Waals surface area (Å²) in [6.45, 7) is 0.441. The average molecular weight is 534 g/mol. The predicted molar refractivity (Wildman–Crippen MR) is 139 cm³/mol. The van der Waals surface area contributed by atoms with Gasteiger partial charge in [0.1, 0.15) is 0 Å². The van der Waals surface area contributed by atoms with Gasteiger partial charge < -0.3 is 5.32 Å². The van der Waals surface area contributed by atoms with Crippen LogP contribution < -0.4 is 5.32 Å². The quantitative estimate of drug-likeness (QED) is 0.258. The molecule has 162 valence electrons. The minimum atomic E-state index is -0.136. The van der Waals surface area contributed by atoms with E-state index < -0.39 is 0 Å². The summed E-state index contributed by atoms with van der Waals surface area (Å²) in [7, 11) is 0. The third kappa shape index (κ3) is 4.76. The number of halogens is 2. The standard InChI is InChI=1S/C27H18BrClN2OS/c28-22-7-3-1-5-19(22)16-30-27(32)18-11-14-25-23(15-18)31-26(17-9-12-20(29)13-10-17)21-6-2-4-8-24(21)33-25/h1-15H,16H2,(H,30,32). The number of hydrogen-bond acceptors (Lipinski definition) is 3. The molecule has 0 radical (unpaired) electrons. The Kier molecular flexibility index (Phi) is 6.36. The lowest BCUT2D eigenvalue weighted by Crippen LogP contribution is -2.22. The molecule has 6 heteroatoms. The normalized spacial score (nSPS) is 12.2. The van der Waals surface area contributed by atoms with E-state index in [-0.39, 0.29) is 5.91 Å². The summed E-state index contributed by atoms with van der Waals surface area (Å²) in [6, 6.07) is 29.4. The van der Waals surface area contributed by atoms with E-state index in [0.29, 0.717) is 17.1 Å². The molecule has 0 spiro atoms. The van der Waals surface area contributed by atoms with Crippen molar-refractivity contribution in [3.8, 4) is 0 Å². The highest BCUT2D eigenvalue weighted by Gasteiger charge is 2.20. The van der Waals surface area contributed by atoms with Crippen LogP contribution in [0.15, 0.2) is 110 Å². The molecule has 4 aromatic rings. The van der Waals surface area contributed by atoms with E-state index in [9.17, 15) is 4.79 Å². The van der Waals surface area contributed by atoms with Crippen LogP contribution in [0.1, 0.15) is 27.0 Å². The number of amides is 1. The number of rotatable bonds is 4. The van der Waals surface area contributed by atoms with Crippen molar-refractivity contribution in [3.05, 3.63) is 123 Å². The number of fused-ring (bicyclic) bond motifs is 2. The molecule has 0 atom stereocenters. The molecule has 1 aliphatic rings. The number of carbonyl (C=O) groups is 1. The number of nitrogens with one attached hydrogen (secondary N) is 1. The number of hydrogen-bond donors (Lipinski definition) is 1. The molecule has 1 aliphatic heterocycles. The zero-order chi connectivity index (χ0) is 22.8. The molecular formula is C27H18BrClN2OS. The lowest BCUT2D eigenvalue weighted by Gasteiger charge is -2.09. The Hall–Kier alpha value is -2.86. The van der Waals surface area contributed by atoms with Crippen molar-refractivity contribution < 1.29 is 4.79 Å². The highest BCUT2D eigenvalue weighted by atomic mass is 79.9. The fourth-order valence-electron chi connectivity index (χ4n) is 3.63. The first-order chi connectivity index (χ1) is 16.1. The van der Waals surface area contributed by atoms with Crippen molar-refractivity contribution in [3.63, 3.8) is 0 Å². The second kappa shape index (κ2) is 9.56. The molecule has 0 fully saturated rings. The largest absolute Gasteiger partial charge is 0.348 e. The predicted octanol–water partition coefficient (Wildman–Crippen LogP) is 7.67. The summed E-state index contributed by atoms with van der Waals surface area (Å²) in [5, 5.41) is 3.69. The Labute approximate surface area is 210 Å². The van der Waals surface area contributed by atoms with Gasteiger partial charge in [-0.15, -0.1) is 0 Å². The Bertz CT molecular complexity index is 1390. The lowest BCUT2D eigenvalue weighted by molar-refractivity contribution is 0.0951. The molecule has 4 aromatic carbocycles. The molecular weight excluding hydrogens is 516 g/mol. The van der Waals surface area contributed by atoms with Crippen LogP contribution >= 0.6 is 39.3 Å². The van der Waals surface area contributed by atoms with E-state index in [1.165, 1.54) is 0 Å². The molecule has 1 heterocycles. The molecule has 5 rings (SSSR count). The van der Waals surface area contributed by atoms with Crippen molar-refractivity contribution in [2.45, 2.75) is 16.3 Å². The fraction of sp³-hybridized carbons (Fsp3) is 0.0370. The van der Waals surface area contributed by atoms with Gasteiger partial charge in [-0.05, 0) is 48.0 Å². The fourth-order valence-corrected chi connectivity index (χ4v) is 5.18. The van der Waals surface area contributed by atoms with Gasteiger partial charge in [-0.1, -0.05) is 87.8 Å². The van der Waals surface area contributed by atoms with Gasteiger partial charge in [-0.2, -0.15) is 0 Å². The van der Waals surface area contributed by atoms with Gasteiger partial charge in [0.25, 0.3) is 5.91 Å². The number of benzene rings is 4. The van der Waals surface area contributed by atoms with Gasteiger partial charge in [0, 0.05) is 42.5 Å². The van der Waals surface area contributed by atoms with Crippen LogP contribution in [-0.4, -0.2) is 11.6 Å². The van der Waals surface area contributed by atoms with Crippen LogP contribution in [0.4, 0.5) is 5.69 Å². The monoisotopic (exact) mass is 532 g/mol. The van der Waals surface area contributed by atoms with Crippen LogP contribution in [0.3, 0.4) is 0 Å². The number of aliphatic imine (C=N–C) groups is 1. The molecule has 0 aliphatic carbocycles. The summed E-state index contributed by atoms with van der Waals surface area (Å²) < 4.78 is 0.971. The van der Waals surface area contributed by atoms with Crippen molar-refractivity contribution in [2.24, 2.45) is 4.99 Å². The maximum absolute atomic E-state index is 12.9. The van der Waals surface area contributed by atoms with E-state index in [0.717, 1.165) is 42.4 Å². The minimum absolute atomic E-state index is 0.136. The summed E-state index contributed by atoms with van der Waals surface area (Å²) in [4.78, 5) is 20.1. The molecule has 0 aromatic heterocycles. The highest BCUT2D eigenvalue weighted by Crippen LogP contribution is 2.41. The summed E-state index contributed by atoms with van der Waals surface area (Å²) in [5.41, 5.74) is 5.26. The molecule has 0 bridgehead atoms. The third-order valence-electron chi connectivity index (χ3n) is 5.33. The van der Waals surface area contributed by atoms with Crippen molar-refractivity contribution in [1.29, 1.82) is 0 Å². The molecule has 33 heavy (non-hydrogen) atoms. The summed E-state index contributed by atoms with van der Waals surface area (Å²) in [6.07, 6.45) is 0. The number of nitrogens with zero attached hydrogens (tertiary/aromatic N) is 1. The maximum atomic E-state index is 12.9. The first-order valence-corrected chi connectivity index (χ1v) is 12.3. The second-order valence-electron chi connectivity index (χ2n) is 7.52. The molecule has 0 unspecified atom stereocenters. The Balaban J connectivity index is 1.50. The van der Waals surface area contributed by atoms with E-state index in [4.69, 9.17) is 16.6 Å². The van der Waals surface area contributed by atoms with E-state index >= 15 is 0 Å². The molecule has 0 saturated heterocycles. The lowest BCUT2D eigenvalue weighted by atomic mass is 10.0. The van der Waals surface area contributed by atoms with E-state index in [1.807, 2.05) is 78.9 Å². The van der Waals surface area contributed by atoms with Crippen molar-refractivity contribution in [1.82, 2.24) is 5.32 Å². The Morgan fingerprint density at radius 1 is 0.909 bits per heavy atom. The van der Waals surface area contributed by atoms with Crippen LogP contribution in [0.5, 0.6) is 0 Å². The molecule has 3 nitrogen and oxygen atoms in total. The first-order valence-electron chi connectivity index (χ1n) is 10.4. The van der Waals surface area contributed by atoms with E-state index in [1.54, 1.807) is 11.8 Å². The van der Waals surface area contributed by atoms with Gasteiger partial charge in [0.2, 0.25) is 0 Å².